The zero-order valence-electron chi connectivity index (χ0n) is 15.3. The molecule has 8 nitrogen and oxygen atoms in total. The van der Waals surface area contributed by atoms with Crippen LogP contribution < -0.4 is 9.80 Å². The molecule has 0 unspecified atom stereocenters. The van der Waals surface area contributed by atoms with E-state index in [0.29, 0.717) is 64.5 Å². The van der Waals surface area contributed by atoms with Gasteiger partial charge in [0, 0.05) is 32.4 Å². The van der Waals surface area contributed by atoms with Gasteiger partial charge in [0.15, 0.2) is 5.82 Å². The van der Waals surface area contributed by atoms with Crippen LogP contribution in [0.2, 0.25) is 0 Å². The van der Waals surface area contributed by atoms with Crippen LogP contribution in [0.1, 0.15) is 5.56 Å². The molecular weight excluding hydrogens is 457 g/mol. The first-order valence-electron chi connectivity index (χ1n) is 9.06. The topological polar surface area (TPSA) is 76.5 Å². The normalized spacial score (nSPS) is 18.2. The van der Waals surface area contributed by atoms with E-state index in [9.17, 15) is 13.2 Å². The van der Waals surface area contributed by atoms with Crippen molar-refractivity contribution in [3.05, 3.63) is 22.4 Å². The first-order chi connectivity index (χ1) is 13.9. The Kier molecular flexibility index (Phi) is 5.83. The van der Waals surface area contributed by atoms with Gasteiger partial charge in [-0.05, 0) is 22.0 Å². The molecule has 12 heteroatoms. The number of anilines is 2. The SMILES string of the molecule is FC(F)(F)c1cc(Br)ncc1-c1nc(N2CCOCC2)nc(N2CCOCC2)n1. The lowest BCUT2D eigenvalue weighted by Crippen LogP contribution is -2.40. The van der Waals surface area contributed by atoms with Gasteiger partial charge in [-0.15, -0.1) is 0 Å². The van der Waals surface area contributed by atoms with Crippen LogP contribution in [0.3, 0.4) is 0 Å². The van der Waals surface area contributed by atoms with Gasteiger partial charge in [0.1, 0.15) is 4.60 Å². The van der Waals surface area contributed by atoms with Crippen LogP contribution in [0.4, 0.5) is 25.1 Å². The van der Waals surface area contributed by atoms with Gasteiger partial charge < -0.3 is 19.3 Å². The Bertz CT molecular complexity index is 836. The number of pyridine rings is 1. The average molecular weight is 475 g/mol. The summed E-state index contributed by atoms with van der Waals surface area (Å²) < 4.78 is 51.8. The molecule has 29 heavy (non-hydrogen) atoms. The van der Waals surface area contributed by atoms with Crippen LogP contribution in [-0.2, 0) is 15.7 Å². The summed E-state index contributed by atoms with van der Waals surface area (Å²) in [5.41, 5.74) is -1.04. The van der Waals surface area contributed by atoms with Crippen molar-refractivity contribution < 1.29 is 22.6 Å². The third-order valence-electron chi connectivity index (χ3n) is 4.62. The third-order valence-corrected chi connectivity index (χ3v) is 5.05. The zero-order chi connectivity index (χ0) is 20.4. The summed E-state index contributed by atoms with van der Waals surface area (Å²) in [6, 6.07) is 0.932. The minimum Gasteiger partial charge on any atom is -0.378 e. The minimum atomic E-state index is -4.58. The fourth-order valence-electron chi connectivity index (χ4n) is 3.13. The van der Waals surface area contributed by atoms with Crippen LogP contribution >= 0.6 is 15.9 Å². The number of aromatic nitrogens is 4. The molecule has 0 atom stereocenters. The molecule has 156 valence electrons. The van der Waals surface area contributed by atoms with E-state index in [4.69, 9.17) is 9.47 Å². The number of morpholine rings is 2. The molecular formula is C17H18BrF3N6O2. The van der Waals surface area contributed by atoms with E-state index in [-0.39, 0.29) is 16.0 Å². The Morgan fingerprint density at radius 1 is 0.862 bits per heavy atom. The number of hydrogen-bond acceptors (Lipinski definition) is 8. The zero-order valence-corrected chi connectivity index (χ0v) is 16.9. The second kappa shape index (κ2) is 8.36. The van der Waals surface area contributed by atoms with Gasteiger partial charge >= 0.3 is 6.18 Å². The second-order valence-corrected chi connectivity index (χ2v) is 7.32. The highest BCUT2D eigenvalue weighted by atomic mass is 79.9. The summed E-state index contributed by atoms with van der Waals surface area (Å²) in [7, 11) is 0. The first kappa shape index (κ1) is 20.2. The largest absolute Gasteiger partial charge is 0.417 e. The highest BCUT2D eigenvalue weighted by Gasteiger charge is 2.35. The summed E-state index contributed by atoms with van der Waals surface area (Å²) in [6.07, 6.45) is -3.44. The second-order valence-electron chi connectivity index (χ2n) is 6.51. The summed E-state index contributed by atoms with van der Waals surface area (Å²) in [5, 5.41) is 0. The maximum absolute atomic E-state index is 13.7. The molecule has 0 saturated carbocycles. The number of ether oxygens (including phenoxy) is 2. The molecule has 2 saturated heterocycles. The highest BCUT2D eigenvalue weighted by Crippen LogP contribution is 2.37. The summed E-state index contributed by atoms with van der Waals surface area (Å²) in [5.74, 6) is 0.599. The van der Waals surface area contributed by atoms with Gasteiger partial charge in [0.25, 0.3) is 0 Å². The van der Waals surface area contributed by atoms with Crippen LogP contribution in [0, 0.1) is 0 Å². The van der Waals surface area contributed by atoms with Crippen molar-refractivity contribution in [2.75, 3.05) is 62.4 Å². The van der Waals surface area contributed by atoms with Crippen LogP contribution in [-0.4, -0.2) is 72.5 Å². The van der Waals surface area contributed by atoms with E-state index >= 15 is 0 Å². The lowest BCUT2D eigenvalue weighted by molar-refractivity contribution is -0.137. The first-order valence-corrected chi connectivity index (χ1v) is 9.86. The standard InChI is InChI=1S/C17H18BrF3N6O2/c18-13-9-12(17(19,20)21)11(10-22-13)14-23-15(26-1-5-28-6-2-26)25-16(24-14)27-3-7-29-8-4-27/h9-10H,1-8H2. The van der Waals surface area contributed by atoms with Crippen molar-refractivity contribution in [1.29, 1.82) is 0 Å². The van der Waals surface area contributed by atoms with Gasteiger partial charge in [-0.1, -0.05) is 0 Å². The quantitative estimate of drug-likeness (QED) is 0.627. The van der Waals surface area contributed by atoms with Gasteiger partial charge in [0.05, 0.1) is 37.6 Å². The Balaban J connectivity index is 1.82. The fourth-order valence-corrected chi connectivity index (χ4v) is 3.46. The summed E-state index contributed by atoms with van der Waals surface area (Å²) >= 11 is 3.01. The molecule has 4 rings (SSSR count). The molecule has 0 bridgehead atoms. The lowest BCUT2D eigenvalue weighted by atomic mass is 10.1. The molecule has 0 N–H and O–H groups in total. The fraction of sp³-hybridized carbons (Fsp3) is 0.529. The number of halogens is 4. The van der Waals surface area contributed by atoms with E-state index in [1.165, 1.54) is 0 Å². The number of nitrogens with zero attached hydrogens (tertiary/aromatic N) is 6. The van der Waals surface area contributed by atoms with Crippen molar-refractivity contribution >= 4 is 27.8 Å². The molecule has 0 aromatic carbocycles. The Labute approximate surface area is 173 Å². The lowest BCUT2D eigenvalue weighted by Gasteiger charge is -2.30. The van der Waals surface area contributed by atoms with Gasteiger partial charge in [-0.2, -0.15) is 28.1 Å². The van der Waals surface area contributed by atoms with Crippen LogP contribution in [0.25, 0.3) is 11.4 Å². The molecule has 2 fully saturated rings. The van der Waals surface area contributed by atoms with Crippen LogP contribution in [0.15, 0.2) is 16.9 Å². The van der Waals surface area contributed by atoms with E-state index in [1.54, 1.807) is 0 Å². The van der Waals surface area contributed by atoms with E-state index in [1.807, 2.05) is 9.80 Å². The Hall–Kier alpha value is -2.05. The Morgan fingerprint density at radius 2 is 1.38 bits per heavy atom. The molecule has 0 radical (unpaired) electrons. The van der Waals surface area contributed by atoms with E-state index in [2.05, 4.69) is 35.9 Å². The van der Waals surface area contributed by atoms with E-state index in [0.717, 1.165) is 12.3 Å². The highest BCUT2D eigenvalue weighted by molar-refractivity contribution is 9.10. The van der Waals surface area contributed by atoms with Crippen molar-refractivity contribution in [2.24, 2.45) is 0 Å². The smallest absolute Gasteiger partial charge is 0.378 e. The molecule has 2 aromatic rings. The monoisotopic (exact) mass is 474 g/mol. The van der Waals surface area contributed by atoms with Gasteiger partial charge in [-0.25, -0.2) is 4.98 Å². The molecule has 2 aromatic heterocycles. The molecule has 4 heterocycles. The maximum atomic E-state index is 13.7. The summed E-state index contributed by atoms with van der Waals surface area (Å²) in [4.78, 5) is 21.0. The van der Waals surface area contributed by atoms with Gasteiger partial charge in [-0.3, -0.25) is 0 Å². The molecule has 0 amide bonds. The van der Waals surface area contributed by atoms with Crippen molar-refractivity contribution in [1.82, 2.24) is 19.9 Å². The molecule has 2 aliphatic rings. The van der Waals surface area contributed by atoms with Crippen molar-refractivity contribution in [2.45, 2.75) is 6.18 Å². The minimum absolute atomic E-state index is 0.0599. The average Bonchev–Trinajstić information content (AvgIpc) is 2.74. The molecule has 0 spiro atoms. The summed E-state index contributed by atoms with van der Waals surface area (Å²) in [6.45, 7) is 4.22. The molecule has 2 aliphatic heterocycles. The van der Waals surface area contributed by atoms with Crippen molar-refractivity contribution in [3.8, 4) is 11.4 Å². The van der Waals surface area contributed by atoms with Crippen LogP contribution in [0.5, 0.6) is 0 Å². The third kappa shape index (κ3) is 4.59. The van der Waals surface area contributed by atoms with Crippen molar-refractivity contribution in [3.63, 3.8) is 0 Å². The maximum Gasteiger partial charge on any atom is 0.417 e. The number of hydrogen-bond donors (Lipinski definition) is 0. The van der Waals surface area contributed by atoms with Gasteiger partial charge in [0.2, 0.25) is 11.9 Å². The predicted octanol–water partition coefficient (Wildman–Crippen LogP) is 2.39. The molecule has 0 aliphatic carbocycles. The number of rotatable bonds is 3. The van der Waals surface area contributed by atoms with E-state index < -0.39 is 11.7 Å². The number of alkyl halides is 3. The predicted molar refractivity (Wildman–Crippen MR) is 102 cm³/mol. The Morgan fingerprint density at radius 3 is 1.86 bits per heavy atom.